The Bertz CT molecular complexity index is 959. The van der Waals surface area contributed by atoms with Crippen LogP contribution in [0.15, 0.2) is 26.2 Å². The lowest BCUT2D eigenvalue weighted by Crippen LogP contribution is -2.20. The van der Waals surface area contributed by atoms with Gasteiger partial charge in [0.1, 0.15) is 16.7 Å². The molecule has 3 rings (SSSR count). The molecule has 20 heavy (non-hydrogen) atoms. The van der Waals surface area contributed by atoms with E-state index in [0.717, 1.165) is 10.0 Å². The molecule has 2 aromatic heterocycles. The maximum Gasteiger partial charge on any atom is 0.289 e. The van der Waals surface area contributed by atoms with Crippen LogP contribution in [0.3, 0.4) is 0 Å². The molecule has 0 aliphatic carbocycles. The van der Waals surface area contributed by atoms with Crippen LogP contribution < -0.4 is 11.1 Å². The first-order valence-electron chi connectivity index (χ1n) is 5.98. The van der Waals surface area contributed by atoms with E-state index in [0.29, 0.717) is 17.3 Å². The van der Waals surface area contributed by atoms with E-state index in [1.165, 1.54) is 0 Å². The summed E-state index contributed by atoms with van der Waals surface area (Å²) in [5.41, 5.74) is 0.128. The van der Waals surface area contributed by atoms with Crippen molar-refractivity contribution < 1.29 is 5.11 Å². The van der Waals surface area contributed by atoms with Gasteiger partial charge in [-0.15, -0.1) is 0 Å². The molecule has 0 radical (unpaired) electrons. The average Bonchev–Trinajstić information content (AvgIpc) is 2.41. The zero-order valence-corrected chi connectivity index (χ0v) is 12.0. The first-order valence-corrected chi connectivity index (χ1v) is 6.78. The monoisotopic (exact) mass is 335 g/mol. The molecule has 0 saturated heterocycles. The summed E-state index contributed by atoms with van der Waals surface area (Å²) >= 11 is 3.37. The van der Waals surface area contributed by atoms with Crippen molar-refractivity contribution in [3.8, 4) is 5.75 Å². The maximum absolute atomic E-state index is 11.8. The summed E-state index contributed by atoms with van der Waals surface area (Å²) in [5.74, 6) is -0.207. The SMILES string of the molecule is CCc1cc(Br)cc2nc3c(=O)[nH][nH]c(=O)c3c(O)c12. The van der Waals surface area contributed by atoms with Crippen molar-refractivity contribution in [3.05, 3.63) is 42.9 Å². The lowest BCUT2D eigenvalue weighted by Gasteiger charge is -2.09. The van der Waals surface area contributed by atoms with Crippen LogP contribution in [-0.4, -0.2) is 20.3 Å². The molecular weight excluding hydrogens is 326 g/mol. The second kappa shape index (κ2) is 4.45. The fourth-order valence-corrected chi connectivity index (χ4v) is 2.81. The minimum atomic E-state index is -0.573. The van der Waals surface area contributed by atoms with Crippen LogP contribution in [0.4, 0.5) is 0 Å². The Hall–Kier alpha value is -2.15. The molecule has 0 fully saturated rings. The Balaban J connectivity index is 2.69. The number of benzene rings is 1. The average molecular weight is 336 g/mol. The molecule has 0 unspecified atom stereocenters. The van der Waals surface area contributed by atoms with Gasteiger partial charge in [0, 0.05) is 9.86 Å². The first kappa shape index (κ1) is 12.9. The van der Waals surface area contributed by atoms with Gasteiger partial charge in [-0.25, -0.2) is 4.98 Å². The molecule has 0 saturated carbocycles. The maximum atomic E-state index is 11.8. The van der Waals surface area contributed by atoms with Gasteiger partial charge in [0.15, 0.2) is 0 Å². The molecule has 102 valence electrons. The molecule has 1 aromatic carbocycles. The number of hydrogen-bond acceptors (Lipinski definition) is 4. The molecular formula is C13H10BrN3O3. The number of aromatic nitrogens is 3. The van der Waals surface area contributed by atoms with E-state index in [2.05, 4.69) is 31.1 Å². The molecule has 0 aliphatic rings. The van der Waals surface area contributed by atoms with Crippen LogP contribution >= 0.6 is 15.9 Å². The summed E-state index contributed by atoms with van der Waals surface area (Å²) in [6.45, 7) is 1.94. The Morgan fingerprint density at radius 3 is 2.60 bits per heavy atom. The van der Waals surface area contributed by atoms with E-state index in [-0.39, 0.29) is 16.7 Å². The summed E-state index contributed by atoms with van der Waals surface area (Å²) in [6.07, 6.45) is 0.664. The molecule has 0 bridgehead atoms. The Kier molecular flexibility index (Phi) is 2.86. The van der Waals surface area contributed by atoms with E-state index in [4.69, 9.17) is 0 Å². The summed E-state index contributed by atoms with van der Waals surface area (Å²) in [7, 11) is 0. The molecule has 0 aliphatic heterocycles. The zero-order valence-electron chi connectivity index (χ0n) is 10.5. The number of pyridine rings is 1. The minimum absolute atomic E-state index is 0.0705. The second-order valence-electron chi connectivity index (χ2n) is 4.40. The molecule has 0 spiro atoms. The number of fused-ring (bicyclic) bond motifs is 2. The lowest BCUT2D eigenvalue weighted by atomic mass is 10.0. The van der Waals surface area contributed by atoms with Gasteiger partial charge < -0.3 is 5.11 Å². The molecule has 7 heteroatoms. The molecule has 3 aromatic rings. The predicted octanol–water partition coefficient (Wildman–Crippen LogP) is 1.80. The molecule has 6 nitrogen and oxygen atoms in total. The lowest BCUT2D eigenvalue weighted by molar-refractivity contribution is 0.486. The number of aromatic amines is 2. The number of aryl methyl sites for hydroxylation is 1. The van der Waals surface area contributed by atoms with Gasteiger partial charge in [-0.1, -0.05) is 22.9 Å². The highest BCUT2D eigenvalue weighted by Gasteiger charge is 2.16. The van der Waals surface area contributed by atoms with Gasteiger partial charge in [-0.3, -0.25) is 19.8 Å². The second-order valence-corrected chi connectivity index (χ2v) is 5.32. The van der Waals surface area contributed by atoms with Crippen molar-refractivity contribution in [3.63, 3.8) is 0 Å². The fraction of sp³-hybridized carbons (Fsp3) is 0.154. The van der Waals surface area contributed by atoms with Crippen molar-refractivity contribution >= 4 is 37.7 Å². The Labute approximate surface area is 120 Å². The van der Waals surface area contributed by atoms with Gasteiger partial charge in [0.25, 0.3) is 11.1 Å². The first-order chi connectivity index (χ1) is 9.52. The van der Waals surface area contributed by atoms with E-state index >= 15 is 0 Å². The quantitative estimate of drug-likeness (QED) is 0.590. The van der Waals surface area contributed by atoms with Gasteiger partial charge in [0.2, 0.25) is 0 Å². The third-order valence-electron chi connectivity index (χ3n) is 3.22. The van der Waals surface area contributed by atoms with Crippen molar-refractivity contribution in [1.82, 2.24) is 15.2 Å². The van der Waals surface area contributed by atoms with E-state index in [1.807, 2.05) is 13.0 Å². The summed E-state index contributed by atoms with van der Waals surface area (Å²) < 4.78 is 0.800. The molecule has 2 heterocycles. The third kappa shape index (κ3) is 1.74. The molecule has 0 atom stereocenters. The van der Waals surface area contributed by atoms with Crippen molar-refractivity contribution in [1.29, 1.82) is 0 Å². The van der Waals surface area contributed by atoms with Crippen LogP contribution in [0.25, 0.3) is 21.8 Å². The smallest absolute Gasteiger partial charge is 0.289 e. The van der Waals surface area contributed by atoms with Crippen molar-refractivity contribution in [2.45, 2.75) is 13.3 Å². The standard InChI is InChI=1S/C13H10BrN3O3/c1-2-5-3-6(14)4-7-8(5)11(18)9-10(15-7)13(20)17-16-12(9)19/h3-4H,2H2,1H3,(H,15,18)(H,16,19)(H,17,20). The van der Waals surface area contributed by atoms with Gasteiger partial charge in [-0.05, 0) is 24.1 Å². The number of H-pyrrole nitrogens is 2. The van der Waals surface area contributed by atoms with Crippen LogP contribution in [0.1, 0.15) is 12.5 Å². The van der Waals surface area contributed by atoms with Crippen LogP contribution in [-0.2, 0) is 6.42 Å². The molecule has 3 N–H and O–H groups in total. The summed E-state index contributed by atoms with van der Waals surface area (Å²) in [6, 6.07) is 3.56. The Morgan fingerprint density at radius 2 is 1.90 bits per heavy atom. The largest absolute Gasteiger partial charge is 0.506 e. The number of halogens is 1. The van der Waals surface area contributed by atoms with E-state index in [9.17, 15) is 14.7 Å². The summed E-state index contributed by atoms with van der Waals surface area (Å²) in [5, 5.41) is 15.2. The number of nitrogens with one attached hydrogen (secondary N) is 2. The number of nitrogens with zero attached hydrogens (tertiary/aromatic N) is 1. The predicted molar refractivity (Wildman–Crippen MR) is 79.2 cm³/mol. The normalized spacial score (nSPS) is 11.3. The van der Waals surface area contributed by atoms with Gasteiger partial charge >= 0.3 is 0 Å². The minimum Gasteiger partial charge on any atom is -0.506 e. The fourth-order valence-electron chi connectivity index (χ4n) is 2.32. The number of rotatable bonds is 1. The van der Waals surface area contributed by atoms with Gasteiger partial charge in [0.05, 0.1) is 5.52 Å². The third-order valence-corrected chi connectivity index (χ3v) is 3.68. The zero-order chi connectivity index (χ0) is 14.4. The topological polar surface area (TPSA) is 98.8 Å². The highest BCUT2D eigenvalue weighted by Crippen LogP contribution is 2.33. The Morgan fingerprint density at radius 1 is 1.20 bits per heavy atom. The van der Waals surface area contributed by atoms with Crippen LogP contribution in [0.2, 0.25) is 0 Å². The summed E-state index contributed by atoms with van der Waals surface area (Å²) in [4.78, 5) is 27.8. The van der Waals surface area contributed by atoms with E-state index in [1.54, 1.807) is 6.07 Å². The van der Waals surface area contributed by atoms with Crippen LogP contribution in [0, 0.1) is 0 Å². The van der Waals surface area contributed by atoms with E-state index < -0.39 is 11.1 Å². The highest BCUT2D eigenvalue weighted by molar-refractivity contribution is 9.10. The van der Waals surface area contributed by atoms with Crippen molar-refractivity contribution in [2.24, 2.45) is 0 Å². The molecule has 0 amide bonds. The highest BCUT2D eigenvalue weighted by atomic mass is 79.9. The number of hydrogen-bond donors (Lipinski definition) is 3. The number of aromatic hydroxyl groups is 1. The van der Waals surface area contributed by atoms with Crippen molar-refractivity contribution in [2.75, 3.05) is 0 Å². The van der Waals surface area contributed by atoms with Gasteiger partial charge in [-0.2, -0.15) is 0 Å². The van der Waals surface area contributed by atoms with Crippen LogP contribution in [0.5, 0.6) is 5.75 Å².